The monoisotopic (exact) mass is 355 g/mol. The Kier molecular flexibility index (Phi) is 5.78. The molecule has 1 aliphatic rings. The molecular formula is C19H29N7. The maximum Gasteiger partial charge on any atom is 0.151 e. The number of pyridine rings is 2. The van der Waals surface area contributed by atoms with Gasteiger partial charge in [0.15, 0.2) is 5.82 Å². The minimum atomic E-state index is 0.439. The van der Waals surface area contributed by atoms with Crippen molar-refractivity contribution in [2.24, 2.45) is 0 Å². The molecule has 0 amide bonds. The number of rotatable bonds is 6. The molecule has 26 heavy (non-hydrogen) atoms. The van der Waals surface area contributed by atoms with E-state index in [2.05, 4.69) is 45.2 Å². The van der Waals surface area contributed by atoms with Crippen molar-refractivity contribution in [2.75, 3.05) is 62.0 Å². The Morgan fingerprint density at radius 3 is 2.69 bits per heavy atom. The molecule has 0 unspecified atom stereocenters. The van der Waals surface area contributed by atoms with E-state index >= 15 is 0 Å². The topological polar surface area (TPSA) is 96.3 Å². The number of hydrogen-bond acceptors (Lipinski definition) is 7. The van der Waals surface area contributed by atoms with Crippen LogP contribution in [0.25, 0.3) is 0 Å². The first-order chi connectivity index (χ1) is 12.5. The highest BCUT2D eigenvalue weighted by atomic mass is 15.2. The van der Waals surface area contributed by atoms with Gasteiger partial charge in [-0.3, -0.25) is 0 Å². The van der Waals surface area contributed by atoms with Gasteiger partial charge in [0.1, 0.15) is 5.82 Å². The summed E-state index contributed by atoms with van der Waals surface area (Å²) in [4.78, 5) is 13.4. The zero-order chi connectivity index (χ0) is 18.5. The average molecular weight is 355 g/mol. The highest BCUT2D eigenvalue weighted by molar-refractivity contribution is 5.62. The van der Waals surface area contributed by atoms with Crippen molar-refractivity contribution in [2.45, 2.75) is 18.8 Å². The van der Waals surface area contributed by atoms with Gasteiger partial charge in [0.25, 0.3) is 0 Å². The molecule has 3 rings (SSSR count). The number of anilines is 4. The number of nitrogen functional groups attached to an aromatic ring is 2. The van der Waals surface area contributed by atoms with Gasteiger partial charge in [-0.05, 0) is 56.6 Å². The van der Waals surface area contributed by atoms with E-state index in [1.807, 2.05) is 12.1 Å². The summed E-state index contributed by atoms with van der Waals surface area (Å²) in [5, 5.41) is 3.47. The Labute approximate surface area is 155 Å². The number of hydrogen-bond donors (Lipinski definition) is 3. The SMILES string of the molecule is CN(C)CCNc1ncc(N)cc1C1CCN(c2ncccc2N)CC1. The van der Waals surface area contributed by atoms with E-state index in [-0.39, 0.29) is 0 Å². The fraction of sp³-hybridized carbons (Fsp3) is 0.474. The van der Waals surface area contributed by atoms with Crippen molar-refractivity contribution >= 4 is 23.0 Å². The maximum atomic E-state index is 6.08. The molecule has 0 aliphatic carbocycles. The Morgan fingerprint density at radius 1 is 1.23 bits per heavy atom. The van der Waals surface area contributed by atoms with Gasteiger partial charge in [-0.25, -0.2) is 9.97 Å². The Hall–Kier alpha value is -2.54. The number of piperidine rings is 1. The Balaban J connectivity index is 1.68. The summed E-state index contributed by atoms with van der Waals surface area (Å²) >= 11 is 0. The second-order valence-electron chi connectivity index (χ2n) is 7.11. The normalized spacial score (nSPS) is 15.4. The molecule has 140 valence electrons. The first-order valence-corrected chi connectivity index (χ1v) is 9.14. The molecule has 0 atom stereocenters. The summed E-state index contributed by atoms with van der Waals surface area (Å²) in [5.41, 5.74) is 14.8. The van der Waals surface area contributed by atoms with Crippen molar-refractivity contribution in [1.82, 2.24) is 14.9 Å². The van der Waals surface area contributed by atoms with Gasteiger partial charge in [0.05, 0.1) is 17.6 Å². The molecule has 0 saturated carbocycles. The van der Waals surface area contributed by atoms with E-state index < -0.39 is 0 Å². The van der Waals surface area contributed by atoms with Crippen LogP contribution in [0.2, 0.25) is 0 Å². The van der Waals surface area contributed by atoms with Crippen molar-refractivity contribution in [3.8, 4) is 0 Å². The van der Waals surface area contributed by atoms with Crippen molar-refractivity contribution in [1.29, 1.82) is 0 Å². The second-order valence-corrected chi connectivity index (χ2v) is 7.11. The van der Waals surface area contributed by atoms with Gasteiger partial charge in [-0.2, -0.15) is 0 Å². The highest BCUT2D eigenvalue weighted by Crippen LogP contribution is 2.35. The minimum Gasteiger partial charge on any atom is -0.397 e. The fourth-order valence-corrected chi connectivity index (χ4v) is 3.43. The molecule has 7 nitrogen and oxygen atoms in total. The Bertz CT molecular complexity index is 724. The van der Waals surface area contributed by atoms with Crippen LogP contribution >= 0.6 is 0 Å². The summed E-state index contributed by atoms with van der Waals surface area (Å²) in [6.45, 7) is 3.68. The van der Waals surface area contributed by atoms with E-state index in [1.165, 1.54) is 5.56 Å². The predicted molar refractivity (Wildman–Crippen MR) is 109 cm³/mol. The summed E-state index contributed by atoms with van der Waals surface area (Å²) in [5.74, 6) is 2.28. The molecule has 2 aromatic heterocycles. The van der Waals surface area contributed by atoms with E-state index in [0.29, 0.717) is 5.92 Å². The van der Waals surface area contributed by atoms with E-state index in [4.69, 9.17) is 11.5 Å². The molecule has 3 heterocycles. The molecule has 0 aromatic carbocycles. The average Bonchev–Trinajstić information content (AvgIpc) is 2.63. The van der Waals surface area contributed by atoms with Crippen molar-refractivity contribution in [3.63, 3.8) is 0 Å². The third-order valence-electron chi connectivity index (χ3n) is 4.84. The molecule has 2 aromatic rings. The first-order valence-electron chi connectivity index (χ1n) is 9.14. The van der Waals surface area contributed by atoms with Crippen LogP contribution in [0.3, 0.4) is 0 Å². The third-order valence-corrected chi connectivity index (χ3v) is 4.84. The predicted octanol–water partition coefficient (Wildman–Crippen LogP) is 2.00. The van der Waals surface area contributed by atoms with Crippen LogP contribution in [0.1, 0.15) is 24.3 Å². The summed E-state index contributed by atoms with van der Waals surface area (Å²) in [6, 6.07) is 5.85. The number of likely N-dealkylation sites (N-methyl/N-ethyl adjacent to an activating group) is 1. The number of aromatic nitrogens is 2. The number of nitrogens with two attached hydrogens (primary N) is 2. The Morgan fingerprint density at radius 2 is 2.00 bits per heavy atom. The first kappa shape index (κ1) is 18.3. The molecule has 0 bridgehead atoms. The molecule has 7 heteroatoms. The molecule has 1 saturated heterocycles. The lowest BCUT2D eigenvalue weighted by molar-refractivity contribution is 0.425. The lowest BCUT2D eigenvalue weighted by Crippen LogP contribution is -2.34. The summed E-state index contributed by atoms with van der Waals surface area (Å²) < 4.78 is 0. The zero-order valence-electron chi connectivity index (χ0n) is 15.7. The molecule has 1 fully saturated rings. The van der Waals surface area contributed by atoms with Crippen LogP contribution in [0.15, 0.2) is 30.6 Å². The standard InChI is InChI=1S/C19H29N7/c1-25(2)11-8-22-18-16(12-15(20)13-24-18)14-5-9-26(10-6-14)19-17(21)4-3-7-23-19/h3-4,7,12-14H,5-6,8-11,20-21H2,1-2H3,(H,22,24). The van der Waals surface area contributed by atoms with Crippen LogP contribution in [0.4, 0.5) is 23.0 Å². The number of nitrogens with one attached hydrogen (secondary N) is 1. The maximum absolute atomic E-state index is 6.08. The van der Waals surface area contributed by atoms with Crippen LogP contribution in [-0.4, -0.2) is 55.1 Å². The second kappa shape index (κ2) is 8.23. The third kappa shape index (κ3) is 4.35. The van der Waals surface area contributed by atoms with Gasteiger partial charge in [0.2, 0.25) is 0 Å². The van der Waals surface area contributed by atoms with Crippen molar-refractivity contribution < 1.29 is 0 Å². The number of nitrogens with zero attached hydrogens (tertiary/aromatic N) is 4. The molecule has 0 spiro atoms. The molecular weight excluding hydrogens is 326 g/mol. The van der Waals surface area contributed by atoms with Gasteiger partial charge in [-0.15, -0.1) is 0 Å². The fourth-order valence-electron chi connectivity index (χ4n) is 3.43. The van der Waals surface area contributed by atoms with Crippen LogP contribution in [0.5, 0.6) is 0 Å². The van der Waals surface area contributed by atoms with Crippen LogP contribution in [0, 0.1) is 0 Å². The molecule has 0 radical (unpaired) electrons. The zero-order valence-corrected chi connectivity index (χ0v) is 15.7. The molecule has 5 N–H and O–H groups in total. The smallest absolute Gasteiger partial charge is 0.151 e. The van der Waals surface area contributed by atoms with Crippen molar-refractivity contribution in [3.05, 3.63) is 36.2 Å². The van der Waals surface area contributed by atoms with Crippen LogP contribution in [-0.2, 0) is 0 Å². The lowest BCUT2D eigenvalue weighted by Gasteiger charge is -2.34. The van der Waals surface area contributed by atoms with E-state index in [1.54, 1.807) is 12.4 Å². The minimum absolute atomic E-state index is 0.439. The van der Waals surface area contributed by atoms with E-state index in [0.717, 1.165) is 62.0 Å². The van der Waals surface area contributed by atoms with Gasteiger partial charge in [-0.1, -0.05) is 0 Å². The van der Waals surface area contributed by atoms with E-state index in [9.17, 15) is 0 Å². The largest absolute Gasteiger partial charge is 0.397 e. The van der Waals surface area contributed by atoms with Gasteiger partial charge in [0, 0.05) is 32.4 Å². The molecule has 1 aliphatic heterocycles. The van der Waals surface area contributed by atoms with Crippen LogP contribution < -0.4 is 21.7 Å². The highest BCUT2D eigenvalue weighted by Gasteiger charge is 2.25. The summed E-state index contributed by atoms with van der Waals surface area (Å²) in [6.07, 6.45) is 5.59. The quantitative estimate of drug-likeness (QED) is 0.729. The van der Waals surface area contributed by atoms with Gasteiger partial charge >= 0.3 is 0 Å². The summed E-state index contributed by atoms with van der Waals surface area (Å²) in [7, 11) is 4.14. The lowest BCUT2D eigenvalue weighted by atomic mass is 9.89. The van der Waals surface area contributed by atoms with Gasteiger partial charge < -0.3 is 26.6 Å².